The minimum atomic E-state index is -2.54. The second kappa shape index (κ2) is 24.7. The van der Waals surface area contributed by atoms with Crippen molar-refractivity contribution in [3.63, 3.8) is 0 Å². The molecule has 11 nitrogen and oxygen atoms in total. The first-order chi connectivity index (χ1) is 23.6. The smallest absolute Gasteiger partial charge is 0.407 e. The molecule has 1 N–H and O–H groups in total. The van der Waals surface area contributed by atoms with Gasteiger partial charge in [0.15, 0.2) is 0 Å². The van der Waals surface area contributed by atoms with Gasteiger partial charge in [0.1, 0.15) is 5.60 Å². The van der Waals surface area contributed by atoms with Gasteiger partial charge in [-0.25, -0.2) is 4.79 Å². The van der Waals surface area contributed by atoms with E-state index in [1.165, 1.54) is 10.4 Å². The summed E-state index contributed by atoms with van der Waals surface area (Å²) < 4.78 is 50.9. The predicted molar refractivity (Wildman–Crippen MR) is 194 cm³/mol. The molecular weight excluding hydrogens is 646 g/mol. The molecule has 0 aliphatic rings. The van der Waals surface area contributed by atoms with Crippen molar-refractivity contribution in [3.05, 3.63) is 60.7 Å². The number of carbonyl (C=O) groups excluding carboxylic acids is 1. The van der Waals surface area contributed by atoms with E-state index in [2.05, 4.69) is 86.8 Å². The highest BCUT2D eigenvalue weighted by atomic mass is 28.4. The summed E-state index contributed by atoms with van der Waals surface area (Å²) in [6.07, 6.45) is -0.450. The molecule has 0 bridgehead atoms. The molecule has 0 aliphatic carbocycles. The lowest BCUT2D eigenvalue weighted by molar-refractivity contribution is -0.0212. The monoisotopic (exact) mass is 707 g/mol. The quantitative estimate of drug-likeness (QED) is 0.107. The second-order valence-corrected chi connectivity index (χ2v) is 17.5. The van der Waals surface area contributed by atoms with Crippen molar-refractivity contribution in [2.45, 2.75) is 52.2 Å². The summed E-state index contributed by atoms with van der Waals surface area (Å²) in [6.45, 7) is 19.9. The van der Waals surface area contributed by atoms with Crippen LogP contribution < -0.4 is 15.7 Å². The van der Waals surface area contributed by atoms with E-state index in [0.29, 0.717) is 106 Å². The van der Waals surface area contributed by atoms with Crippen LogP contribution in [0.2, 0.25) is 5.04 Å². The van der Waals surface area contributed by atoms with Crippen LogP contribution >= 0.6 is 0 Å². The molecule has 278 valence electrons. The molecule has 0 radical (unpaired) electrons. The van der Waals surface area contributed by atoms with Crippen LogP contribution in [-0.4, -0.2) is 126 Å². The number of carbonyl (C=O) groups is 1. The van der Waals surface area contributed by atoms with Crippen molar-refractivity contribution in [1.82, 2.24) is 5.32 Å². The molecule has 2 aromatic rings. The van der Waals surface area contributed by atoms with Crippen molar-refractivity contribution in [1.29, 1.82) is 0 Å². The summed E-state index contributed by atoms with van der Waals surface area (Å²) in [5, 5.41) is 5.11. The molecule has 2 rings (SSSR count). The van der Waals surface area contributed by atoms with Gasteiger partial charge in [0.25, 0.3) is 8.32 Å². The van der Waals surface area contributed by atoms with Gasteiger partial charge in [-0.2, -0.15) is 0 Å². The third-order valence-electron chi connectivity index (χ3n) is 7.11. The summed E-state index contributed by atoms with van der Waals surface area (Å²) in [6, 6.07) is 21.3. The van der Waals surface area contributed by atoms with Gasteiger partial charge in [-0.15, -0.1) is 0 Å². The lowest BCUT2D eigenvalue weighted by Crippen LogP contribution is -2.66. The Kier molecular flexibility index (Phi) is 21.6. The molecular formula is C37H61NO10Si. The third kappa shape index (κ3) is 18.4. The Morgan fingerprint density at radius 2 is 0.837 bits per heavy atom. The van der Waals surface area contributed by atoms with Gasteiger partial charge in [-0.1, -0.05) is 81.4 Å². The Hall–Kier alpha value is -2.39. The number of rotatable bonds is 27. The maximum absolute atomic E-state index is 11.5. The van der Waals surface area contributed by atoms with Gasteiger partial charge < -0.3 is 47.6 Å². The number of hydrogen-bond acceptors (Lipinski definition) is 10. The molecule has 0 atom stereocenters. The van der Waals surface area contributed by atoms with Crippen LogP contribution in [-0.2, 0) is 42.3 Å². The fourth-order valence-corrected chi connectivity index (χ4v) is 9.52. The van der Waals surface area contributed by atoms with E-state index < -0.39 is 20.0 Å². The van der Waals surface area contributed by atoms with Gasteiger partial charge in [0.05, 0.1) is 99.1 Å². The van der Waals surface area contributed by atoms with Crippen LogP contribution in [0.4, 0.5) is 4.79 Å². The Morgan fingerprint density at radius 1 is 0.510 bits per heavy atom. The Balaban J connectivity index is 1.38. The highest BCUT2D eigenvalue weighted by Gasteiger charge is 2.50. The zero-order valence-electron chi connectivity index (χ0n) is 30.7. The van der Waals surface area contributed by atoms with Crippen molar-refractivity contribution >= 4 is 24.8 Å². The highest BCUT2D eigenvalue weighted by Crippen LogP contribution is 2.36. The minimum Gasteiger partial charge on any atom is -0.444 e. The van der Waals surface area contributed by atoms with Gasteiger partial charge in [0.2, 0.25) is 0 Å². The Morgan fingerprint density at radius 3 is 1.16 bits per heavy atom. The van der Waals surface area contributed by atoms with Crippen LogP contribution in [0.25, 0.3) is 0 Å². The largest absolute Gasteiger partial charge is 0.444 e. The molecule has 0 spiro atoms. The van der Waals surface area contributed by atoms with E-state index in [4.69, 9.17) is 42.3 Å². The first-order valence-corrected chi connectivity index (χ1v) is 19.2. The molecule has 0 heterocycles. The molecule has 12 heteroatoms. The van der Waals surface area contributed by atoms with E-state index in [1.807, 2.05) is 20.8 Å². The third-order valence-corrected chi connectivity index (χ3v) is 12.2. The van der Waals surface area contributed by atoms with Crippen LogP contribution in [0.1, 0.15) is 41.5 Å². The minimum absolute atomic E-state index is 0.0582. The molecule has 1 amide bonds. The molecule has 0 saturated heterocycles. The fraction of sp³-hybridized carbons (Fsp3) is 0.649. The average Bonchev–Trinajstić information content (AvgIpc) is 3.06. The van der Waals surface area contributed by atoms with Crippen molar-refractivity contribution in [3.8, 4) is 0 Å². The zero-order valence-corrected chi connectivity index (χ0v) is 31.7. The average molecular weight is 708 g/mol. The van der Waals surface area contributed by atoms with Gasteiger partial charge >= 0.3 is 6.09 Å². The summed E-state index contributed by atoms with van der Waals surface area (Å²) in [5.41, 5.74) is -0.511. The summed E-state index contributed by atoms with van der Waals surface area (Å²) >= 11 is 0. The fourth-order valence-electron chi connectivity index (χ4n) is 4.98. The van der Waals surface area contributed by atoms with E-state index in [-0.39, 0.29) is 5.04 Å². The van der Waals surface area contributed by atoms with Gasteiger partial charge in [-0.3, -0.25) is 0 Å². The topological polar surface area (TPSA) is 112 Å². The Labute approximate surface area is 295 Å². The zero-order chi connectivity index (χ0) is 35.7. The van der Waals surface area contributed by atoms with Crippen LogP contribution in [0.5, 0.6) is 0 Å². The van der Waals surface area contributed by atoms with E-state index in [9.17, 15) is 4.79 Å². The van der Waals surface area contributed by atoms with Crippen molar-refractivity contribution in [2.75, 3.05) is 106 Å². The number of hydrogen-bond donors (Lipinski definition) is 1. The first-order valence-electron chi connectivity index (χ1n) is 17.3. The maximum Gasteiger partial charge on any atom is 0.407 e. The van der Waals surface area contributed by atoms with Crippen LogP contribution in [0.3, 0.4) is 0 Å². The molecule has 49 heavy (non-hydrogen) atoms. The standard InChI is InChI=1S/C37H61NO10Si/c1-36(2,3)48-35(39)38-17-18-40-19-20-41-21-22-42-23-24-43-25-26-44-27-28-45-29-30-46-31-32-47-49(37(4,5)6,33-13-9-7-10-14-33)34-15-11-8-12-16-34/h7-16H,17-32H2,1-6H3,(H,38,39). The summed E-state index contributed by atoms with van der Waals surface area (Å²) in [5.74, 6) is 0. The van der Waals surface area contributed by atoms with E-state index in [0.717, 1.165) is 0 Å². The Bertz CT molecular complexity index is 1060. The molecule has 0 saturated carbocycles. The SMILES string of the molecule is CC(C)(C)OC(=O)NCCOCCOCCOCCOCCOCCOCCOCCO[Si](c1ccccc1)(c1ccccc1)C(C)(C)C. The van der Waals surface area contributed by atoms with Crippen LogP contribution in [0, 0.1) is 0 Å². The lowest BCUT2D eigenvalue weighted by atomic mass is 10.2. The normalized spacial score (nSPS) is 12.3. The summed E-state index contributed by atoms with van der Waals surface area (Å²) in [7, 11) is -2.54. The number of amides is 1. The summed E-state index contributed by atoms with van der Waals surface area (Å²) in [4.78, 5) is 11.5. The first kappa shape index (κ1) is 42.8. The number of nitrogens with one attached hydrogen (secondary N) is 1. The van der Waals surface area contributed by atoms with Gasteiger partial charge in [-0.05, 0) is 36.2 Å². The number of benzene rings is 2. The molecule has 0 unspecified atom stereocenters. The van der Waals surface area contributed by atoms with Crippen LogP contribution in [0.15, 0.2) is 60.7 Å². The molecule has 0 aromatic heterocycles. The number of alkyl carbamates (subject to hydrolysis) is 1. The number of ether oxygens (including phenoxy) is 8. The molecule has 0 fully saturated rings. The van der Waals surface area contributed by atoms with E-state index in [1.54, 1.807) is 0 Å². The lowest BCUT2D eigenvalue weighted by Gasteiger charge is -2.43. The maximum atomic E-state index is 11.5. The van der Waals surface area contributed by atoms with Crippen molar-refractivity contribution in [2.24, 2.45) is 0 Å². The van der Waals surface area contributed by atoms with Crippen molar-refractivity contribution < 1.29 is 47.1 Å². The predicted octanol–water partition coefficient (Wildman–Crippen LogP) is 4.20. The van der Waals surface area contributed by atoms with Gasteiger partial charge in [0, 0.05) is 6.54 Å². The molecule has 2 aromatic carbocycles. The van der Waals surface area contributed by atoms with E-state index >= 15 is 0 Å². The second-order valence-electron chi connectivity index (χ2n) is 13.2. The molecule has 0 aliphatic heterocycles. The highest BCUT2D eigenvalue weighted by molar-refractivity contribution is 6.99.